The van der Waals surface area contributed by atoms with Crippen LogP contribution < -0.4 is 5.73 Å². The van der Waals surface area contributed by atoms with Crippen molar-refractivity contribution < 1.29 is 5.11 Å². The molecule has 56 valence electrons. The number of para-hydroxylation sites is 1. The van der Waals surface area contributed by atoms with Gasteiger partial charge >= 0.3 is 0 Å². The lowest BCUT2D eigenvalue weighted by Gasteiger charge is -1.86. The second-order valence-electron chi connectivity index (χ2n) is 2.43. The maximum atomic E-state index is 9.34. The van der Waals surface area contributed by atoms with Gasteiger partial charge in [-0.05, 0) is 12.1 Å². The topological polar surface area (TPSA) is 62.0 Å². The molecule has 2 rings (SSSR count). The minimum absolute atomic E-state index is 0.139. The summed E-state index contributed by atoms with van der Waals surface area (Å²) in [4.78, 5) is 2.85. The van der Waals surface area contributed by atoms with E-state index in [0.29, 0.717) is 5.82 Å². The number of fused-ring (bicyclic) bond motifs is 1. The normalized spacial score (nSPS) is 10.5. The van der Waals surface area contributed by atoms with Crippen molar-refractivity contribution >= 4 is 16.7 Å². The molecule has 1 heterocycles. The van der Waals surface area contributed by atoms with Crippen LogP contribution in [0.3, 0.4) is 0 Å². The van der Waals surface area contributed by atoms with Crippen molar-refractivity contribution in [2.75, 3.05) is 5.73 Å². The highest BCUT2D eigenvalue weighted by molar-refractivity contribution is 5.91. The number of anilines is 1. The smallest absolute Gasteiger partial charge is 0.165 e. The van der Waals surface area contributed by atoms with Crippen LogP contribution in [0.15, 0.2) is 24.3 Å². The molecule has 0 aliphatic heterocycles. The maximum Gasteiger partial charge on any atom is 0.165 e. The molecule has 1 aromatic carbocycles. The Morgan fingerprint density at radius 2 is 2.00 bits per heavy atom. The highest BCUT2D eigenvalue weighted by Gasteiger charge is 2.04. The Kier molecular flexibility index (Phi) is 1.06. The molecular formula is C8H8N2O. The van der Waals surface area contributed by atoms with Crippen LogP contribution in [0.2, 0.25) is 0 Å². The van der Waals surface area contributed by atoms with E-state index in [9.17, 15) is 5.11 Å². The Morgan fingerprint density at radius 1 is 1.27 bits per heavy atom. The van der Waals surface area contributed by atoms with Gasteiger partial charge in [0.1, 0.15) is 5.82 Å². The van der Waals surface area contributed by atoms with Crippen LogP contribution in [0.5, 0.6) is 5.75 Å². The molecule has 0 aliphatic rings. The number of H-pyrrole nitrogens is 1. The SMILES string of the molecule is Nc1[nH]c2ccccc2c1O. The fourth-order valence-corrected chi connectivity index (χ4v) is 1.15. The van der Waals surface area contributed by atoms with Crippen molar-refractivity contribution in [1.82, 2.24) is 4.98 Å². The number of rotatable bonds is 0. The first kappa shape index (κ1) is 6.09. The fraction of sp³-hybridized carbons (Fsp3) is 0. The summed E-state index contributed by atoms with van der Waals surface area (Å²) in [6.45, 7) is 0. The number of aromatic amines is 1. The van der Waals surface area contributed by atoms with E-state index in [-0.39, 0.29) is 5.75 Å². The summed E-state index contributed by atoms with van der Waals surface area (Å²) >= 11 is 0. The highest BCUT2D eigenvalue weighted by Crippen LogP contribution is 2.29. The quantitative estimate of drug-likeness (QED) is 0.529. The van der Waals surface area contributed by atoms with Gasteiger partial charge in [0.15, 0.2) is 5.75 Å². The first-order chi connectivity index (χ1) is 5.29. The molecule has 0 saturated carbocycles. The Balaban J connectivity index is 2.92. The summed E-state index contributed by atoms with van der Waals surface area (Å²) in [5.74, 6) is 0.465. The molecule has 0 bridgehead atoms. The van der Waals surface area contributed by atoms with E-state index in [1.807, 2.05) is 24.3 Å². The summed E-state index contributed by atoms with van der Waals surface area (Å²) in [7, 11) is 0. The number of aromatic nitrogens is 1. The molecule has 11 heavy (non-hydrogen) atoms. The Hall–Kier alpha value is -1.64. The summed E-state index contributed by atoms with van der Waals surface area (Å²) in [6.07, 6.45) is 0. The number of nitrogens with two attached hydrogens (primary N) is 1. The summed E-state index contributed by atoms with van der Waals surface area (Å²) in [5, 5.41) is 10.1. The number of benzene rings is 1. The largest absolute Gasteiger partial charge is 0.504 e. The fourth-order valence-electron chi connectivity index (χ4n) is 1.15. The van der Waals surface area contributed by atoms with Gasteiger partial charge in [-0.3, -0.25) is 0 Å². The minimum atomic E-state index is 0.139. The van der Waals surface area contributed by atoms with E-state index in [1.54, 1.807) is 0 Å². The van der Waals surface area contributed by atoms with Crippen molar-refractivity contribution in [1.29, 1.82) is 0 Å². The lowest BCUT2D eigenvalue weighted by atomic mass is 10.2. The van der Waals surface area contributed by atoms with E-state index < -0.39 is 0 Å². The molecule has 3 heteroatoms. The van der Waals surface area contributed by atoms with E-state index in [1.165, 1.54) is 0 Å². The molecule has 0 amide bonds. The van der Waals surface area contributed by atoms with E-state index in [4.69, 9.17) is 5.73 Å². The van der Waals surface area contributed by atoms with Crippen LogP contribution >= 0.6 is 0 Å². The van der Waals surface area contributed by atoms with Gasteiger partial charge in [-0.2, -0.15) is 0 Å². The van der Waals surface area contributed by atoms with Crippen LogP contribution in [-0.2, 0) is 0 Å². The summed E-state index contributed by atoms with van der Waals surface area (Å²) in [6, 6.07) is 7.43. The monoisotopic (exact) mass is 148 g/mol. The Morgan fingerprint density at radius 3 is 2.73 bits per heavy atom. The highest BCUT2D eigenvalue weighted by atomic mass is 16.3. The van der Waals surface area contributed by atoms with Crippen molar-refractivity contribution in [3.05, 3.63) is 24.3 Å². The molecule has 0 atom stereocenters. The molecule has 3 nitrogen and oxygen atoms in total. The van der Waals surface area contributed by atoms with Crippen LogP contribution in [0.1, 0.15) is 0 Å². The van der Waals surface area contributed by atoms with Gasteiger partial charge in [0.2, 0.25) is 0 Å². The molecule has 0 radical (unpaired) electrons. The zero-order chi connectivity index (χ0) is 7.84. The van der Waals surface area contributed by atoms with Gasteiger partial charge in [-0.1, -0.05) is 12.1 Å². The molecule has 0 fully saturated rings. The van der Waals surface area contributed by atoms with Crippen molar-refractivity contribution in [2.24, 2.45) is 0 Å². The minimum Gasteiger partial charge on any atom is -0.504 e. The zero-order valence-electron chi connectivity index (χ0n) is 5.83. The number of hydrogen-bond donors (Lipinski definition) is 3. The van der Waals surface area contributed by atoms with Crippen molar-refractivity contribution in [3.8, 4) is 5.75 Å². The molecule has 0 unspecified atom stereocenters. The molecule has 4 N–H and O–H groups in total. The van der Waals surface area contributed by atoms with Gasteiger partial charge in [-0.25, -0.2) is 0 Å². The lowest BCUT2D eigenvalue weighted by molar-refractivity contribution is 0.484. The van der Waals surface area contributed by atoms with Crippen molar-refractivity contribution in [2.45, 2.75) is 0 Å². The third-order valence-corrected chi connectivity index (χ3v) is 1.71. The second kappa shape index (κ2) is 1.92. The molecule has 0 spiro atoms. The number of nitrogen functional groups attached to an aromatic ring is 1. The van der Waals surface area contributed by atoms with Gasteiger partial charge in [-0.15, -0.1) is 0 Å². The van der Waals surface area contributed by atoms with Crippen molar-refractivity contribution in [3.63, 3.8) is 0 Å². The predicted octanol–water partition coefficient (Wildman–Crippen LogP) is 1.46. The number of nitrogens with one attached hydrogen (secondary N) is 1. The lowest BCUT2D eigenvalue weighted by Crippen LogP contribution is -1.81. The molecule has 0 saturated heterocycles. The van der Waals surface area contributed by atoms with Crippen LogP contribution in [-0.4, -0.2) is 10.1 Å². The van der Waals surface area contributed by atoms with Crippen LogP contribution in [0, 0.1) is 0 Å². The average Bonchev–Trinajstić information content (AvgIpc) is 2.30. The summed E-state index contributed by atoms with van der Waals surface area (Å²) in [5.41, 5.74) is 6.31. The maximum absolute atomic E-state index is 9.34. The standard InChI is InChI=1S/C8H8N2O/c9-8-7(11)5-3-1-2-4-6(5)10-8/h1-4,10-11H,9H2. The number of hydrogen-bond acceptors (Lipinski definition) is 2. The zero-order valence-corrected chi connectivity index (χ0v) is 5.83. The first-order valence-electron chi connectivity index (χ1n) is 3.34. The van der Waals surface area contributed by atoms with E-state index >= 15 is 0 Å². The third-order valence-electron chi connectivity index (χ3n) is 1.71. The van der Waals surface area contributed by atoms with E-state index in [0.717, 1.165) is 10.9 Å². The van der Waals surface area contributed by atoms with Gasteiger partial charge in [0, 0.05) is 5.39 Å². The molecule has 2 aromatic rings. The van der Waals surface area contributed by atoms with E-state index in [2.05, 4.69) is 4.98 Å². The Bertz CT molecular complexity index is 392. The molecular weight excluding hydrogens is 140 g/mol. The van der Waals surface area contributed by atoms with Gasteiger partial charge in [0.25, 0.3) is 0 Å². The first-order valence-corrected chi connectivity index (χ1v) is 3.34. The summed E-state index contributed by atoms with van der Waals surface area (Å²) < 4.78 is 0. The molecule has 1 aromatic heterocycles. The predicted molar refractivity (Wildman–Crippen MR) is 44.4 cm³/mol. The Labute approximate surface area is 63.5 Å². The molecule has 0 aliphatic carbocycles. The third kappa shape index (κ3) is 0.741. The number of aromatic hydroxyl groups is 1. The second-order valence-corrected chi connectivity index (χ2v) is 2.43. The van der Waals surface area contributed by atoms with Gasteiger partial charge < -0.3 is 15.8 Å². The van der Waals surface area contributed by atoms with Gasteiger partial charge in [0.05, 0.1) is 5.52 Å². The average molecular weight is 148 g/mol. The van der Waals surface area contributed by atoms with Crippen LogP contribution in [0.25, 0.3) is 10.9 Å². The van der Waals surface area contributed by atoms with Crippen LogP contribution in [0.4, 0.5) is 5.82 Å².